The van der Waals surface area contributed by atoms with Gasteiger partial charge in [0.15, 0.2) is 0 Å². The van der Waals surface area contributed by atoms with E-state index >= 15 is 0 Å². The first-order valence-corrected chi connectivity index (χ1v) is 7.18. The molecule has 0 spiro atoms. The number of aliphatic hydroxyl groups is 1. The first-order chi connectivity index (χ1) is 9.69. The number of thiophene rings is 1. The third kappa shape index (κ3) is 3.95. The minimum Gasteiger partial charge on any atom is -0.395 e. The van der Waals surface area contributed by atoms with Crippen LogP contribution in [0.4, 0.5) is 5.69 Å². The molecule has 0 unspecified atom stereocenters. The second-order valence-electron chi connectivity index (χ2n) is 4.33. The molecule has 1 heterocycles. The predicted octanol–water partition coefficient (Wildman–Crippen LogP) is 3.04. The van der Waals surface area contributed by atoms with E-state index in [9.17, 15) is 4.79 Å². The van der Waals surface area contributed by atoms with Gasteiger partial charge in [-0.2, -0.15) is 11.3 Å². The van der Waals surface area contributed by atoms with Crippen molar-refractivity contribution in [2.75, 3.05) is 11.9 Å². The smallest absolute Gasteiger partial charge is 0.256 e. The zero-order valence-electron chi connectivity index (χ0n) is 11.1. The monoisotopic (exact) mass is 285 g/mol. The van der Waals surface area contributed by atoms with Gasteiger partial charge in [-0.05, 0) is 42.1 Å². The fourth-order valence-electron chi connectivity index (χ4n) is 1.74. The Hall–Kier alpha value is -2.09. The van der Waals surface area contributed by atoms with Crippen LogP contribution in [0.1, 0.15) is 27.9 Å². The Kier molecular flexibility index (Phi) is 4.94. The van der Waals surface area contributed by atoms with Gasteiger partial charge in [-0.15, -0.1) is 0 Å². The SMILES string of the molecule is Cc1cc(C#CCCO)cc(NC(=O)c2ccsc2)c1. The molecule has 0 aliphatic heterocycles. The van der Waals surface area contributed by atoms with Gasteiger partial charge in [0.25, 0.3) is 5.91 Å². The quantitative estimate of drug-likeness (QED) is 0.852. The van der Waals surface area contributed by atoms with Crippen LogP contribution in [-0.2, 0) is 0 Å². The Bertz CT molecular complexity index is 651. The Morgan fingerprint density at radius 1 is 1.40 bits per heavy atom. The molecule has 1 amide bonds. The Morgan fingerprint density at radius 2 is 2.25 bits per heavy atom. The summed E-state index contributed by atoms with van der Waals surface area (Å²) in [6.07, 6.45) is 0.449. The van der Waals surface area contributed by atoms with E-state index in [4.69, 9.17) is 5.11 Å². The summed E-state index contributed by atoms with van der Waals surface area (Å²) in [5.74, 6) is 5.73. The van der Waals surface area contributed by atoms with Crippen molar-refractivity contribution < 1.29 is 9.90 Å². The minimum absolute atomic E-state index is 0.0561. The van der Waals surface area contributed by atoms with Crippen LogP contribution in [-0.4, -0.2) is 17.6 Å². The second kappa shape index (κ2) is 6.90. The highest BCUT2D eigenvalue weighted by Gasteiger charge is 2.06. The maximum Gasteiger partial charge on any atom is 0.256 e. The van der Waals surface area contributed by atoms with Gasteiger partial charge in [-0.3, -0.25) is 4.79 Å². The highest BCUT2D eigenvalue weighted by Crippen LogP contribution is 2.16. The van der Waals surface area contributed by atoms with Gasteiger partial charge in [0.05, 0.1) is 12.2 Å². The number of carbonyl (C=O) groups excluding carboxylic acids is 1. The molecule has 20 heavy (non-hydrogen) atoms. The van der Waals surface area contributed by atoms with Crippen molar-refractivity contribution in [2.24, 2.45) is 0 Å². The maximum absolute atomic E-state index is 12.0. The van der Waals surface area contributed by atoms with Crippen LogP contribution >= 0.6 is 11.3 Å². The fraction of sp³-hybridized carbons (Fsp3) is 0.188. The Morgan fingerprint density at radius 3 is 2.95 bits per heavy atom. The van der Waals surface area contributed by atoms with E-state index in [0.717, 1.165) is 16.8 Å². The lowest BCUT2D eigenvalue weighted by Gasteiger charge is -2.06. The van der Waals surface area contributed by atoms with Gasteiger partial charge in [0, 0.05) is 23.1 Å². The third-order valence-corrected chi connectivity index (χ3v) is 3.27. The molecule has 2 aromatic rings. The highest BCUT2D eigenvalue weighted by molar-refractivity contribution is 7.08. The average Bonchev–Trinajstić information content (AvgIpc) is 2.92. The van der Waals surface area contributed by atoms with Crippen molar-refractivity contribution in [3.63, 3.8) is 0 Å². The van der Waals surface area contributed by atoms with Gasteiger partial charge in [-0.25, -0.2) is 0 Å². The van der Waals surface area contributed by atoms with E-state index in [0.29, 0.717) is 12.0 Å². The lowest BCUT2D eigenvalue weighted by Crippen LogP contribution is -2.10. The van der Waals surface area contributed by atoms with Gasteiger partial charge in [0.2, 0.25) is 0 Å². The molecule has 0 aliphatic rings. The molecule has 0 aliphatic carbocycles. The number of amides is 1. The summed E-state index contributed by atoms with van der Waals surface area (Å²) >= 11 is 1.49. The lowest BCUT2D eigenvalue weighted by atomic mass is 10.1. The number of carbonyl (C=O) groups is 1. The molecule has 1 aromatic heterocycles. The van der Waals surface area contributed by atoms with Crippen LogP contribution in [0, 0.1) is 18.8 Å². The molecule has 3 nitrogen and oxygen atoms in total. The van der Waals surface area contributed by atoms with E-state index in [1.54, 1.807) is 6.07 Å². The molecule has 4 heteroatoms. The predicted molar refractivity (Wildman–Crippen MR) is 82.0 cm³/mol. The van der Waals surface area contributed by atoms with Crippen LogP contribution < -0.4 is 5.32 Å². The molecule has 0 saturated heterocycles. The maximum atomic E-state index is 12.0. The zero-order valence-corrected chi connectivity index (χ0v) is 12.0. The van der Waals surface area contributed by atoms with Crippen molar-refractivity contribution in [3.05, 3.63) is 51.7 Å². The number of rotatable bonds is 3. The second-order valence-corrected chi connectivity index (χ2v) is 5.11. The number of anilines is 1. The van der Waals surface area contributed by atoms with Gasteiger partial charge in [-0.1, -0.05) is 11.8 Å². The Balaban J connectivity index is 2.16. The molecule has 102 valence electrons. The average molecular weight is 285 g/mol. The summed E-state index contributed by atoms with van der Waals surface area (Å²) in [6.45, 7) is 2.01. The first-order valence-electron chi connectivity index (χ1n) is 6.24. The zero-order chi connectivity index (χ0) is 14.4. The van der Waals surface area contributed by atoms with Crippen LogP contribution in [0.25, 0.3) is 0 Å². The molecule has 0 radical (unpaired) electrons. The topological polar surface area (TPSA) is 49.3 Å². The minimum atomic E-state index is -0.119. The van der Waals surface area contributed by atoms with Crippen molar-refractivity contribution in [1.82, 2.24) is 0 Å². The summed E-state index contributed by atoms with van der Waals surface area (Å²) in [5, 5.41) is 15.3. The highest BCUT2D eigenvalue weighted by atomic mass is 32.1. The third-order valence-electron chi connectivity index (χ3n) is 2.59. The van der Waals surface area contributed by atoms with Crippen LogP contribution in [0.3, 0.4) is 0 Å². The summed E-state index contributed by atoms with van der Waals surface area (Å²) in [7, 11) is 0. The molecule has 2 N–H and O–H groups in total. The Labute approximate surface area is 122 Å². The molecule has 0 saturated carbocycles. The van der Waals surface area contributed by atoms with Gasteiger partial charge < -0.3 is 10.4 Å². The van der Waals surface area contributed by atoms with Crippen molar-refractivity contribution in [2.45, 2.75) is 13.3 Å². The number of aryl methyl sites for hydroxylation is 1. The summed E-state index contributed by atoms with van der Waals surface area (Å²) in [4.78, 5) is 12.0. The molecule has 2 rings (SSSR count). The van der Waals surface area contributed by atoms with E-state index in [1.807, 2.05) is 35.9 Å². The van der Waals surface area contributed by atoms with Crippen molar-refractivity contribution in [1.29, 1.82) is 0 Å². The van der Waals surface area contributed by atoms with Gasteiger partial charge in [0.1, 0.15) is 0 Å². The van der Waals surface area contributed by atoms with E-state index in [1.165, 1.54) is 11.3 Å². The standard InChI is InChI=1S/C16H15NO2S/c1-12-8-13(4-2-3-6-18)10-15(9-12)17-16(19)14-5-7-20-11-14/h5,7-11,18H,3,6H2,1H3,(H,17,19). The molecular formula is C16H15NO2S. The summed E-state index contributed by atoms with van der Waals surface area (Å²) < 4.78 is 0. The van der Waals surface area contributed by atoms with Crippen molar-refractivity contribution in [3.8, 4) is 11.8 Å². The van der Waals surface area contributed by atoms with E-state index < -0.39 is 0 Å². The normalized spacial score (nSPS) is 9.70. The number of nitrogens with one attached hydrogen (secondary N) is 1. The van der Waals surface area contributed by atoms with Crippen molar-refractivity contribution >= 4 is 22.9 Å². The lowest BCUT2D eigenvalue weighted by molar-refractivity contribution is 0.102. The molecule has 0 bridgehead atoms. The van der Waals surface area contributed by atoms with Crippen LogP contribution in [0.5, 0.6) is 0 Å². The summed E-state index contributed by atoms with van der Waals surface area (Å²) in [6, 6.07) is 7.48. The molecular weight excluding hydrogens is 270 g/mol. The molecule has 0 fully saturated rings. The molecule has 1 aromatic carbocycles. The van der Waals surface area contributed by atoms with Crippen LogP contribution in [0.15, 0.2) is 35.0 Å². The number of hydrogen-bond donors (Lipinski definition) is 2. The van der Waals surface area contributed by atoms with Crippen LogP contribution in [0.2, 0.25) is 0 Å². The number of hydrogen-bond acceptors (Lipinski definition) is 3. The summed E-state index contributed by atoms with van der Waals surface area (Å²) in [5.41, 5.74) is 3.25. The van der Waals surface area contributed by atoms with E-state index in [2.05, 4.69) is 17.2 Å². The van der Waals surface area contributed by atoms with Gasteiger partial charge >= 0.3 is 0 Å². The molecule has 0 atom stereocenters. The largest absolute Gasteiger partial charge is 0.395 e. The first kappa shape index (κ1) is 14.3. The fourth-order valence-corrected chi connectivity index (χ4v) is 2.38. The van der Waals surface area contributed by atoms with E-state index in [-0.39, 0.29) is 12.5 Å². The number of benzene rings is 1. The number of aliphatic hydroxyl groups excluding tert-OH is 1.